The number of anilines is 1. The summed E-state index contributed by atoms with van der Waals surface area (Å²) in [5, 5.41) is 3.71. The average molecular weight is 274 g/mol. The van der Waals surface area contributed by atoms with E-state index in [2.05, 4.69) is 55.3 Å². The van der Waals surface area contributed by atoms with E-state index in [0.717, 1.165) is 19.0 Å². The van der Waals surface area contributed by atoms with E-state index in [9.17, 15) is 0 Å². The summed E-state index contributed by atoms with van der Waals surface area (Å²) in [4.78, 5) is 2.64. The van der Waals surface area contributed by atoms with E-state index in [1.807, 2.05) is 0 Å². The molecule has 1 fully saturated rings. The van der Waals surface area contributed by atoms with Crippen LogP contribution >= 0.6 is 0 Å². The van der Waals surface area contributed by atoms with Crippen LogP contribution < -0.4 is 10.2 Å². The molecule has 0 aromatic heterocycles. The zero-order chi connectivity index (χ0) is 14.4. The summed E-state index contributed by atoms with van der Waals surface area (Å²) < 4.78 is 0. The predicted molar refractivity (Wildman–Crippen MR) is 88.4 cm³/mol. The third kappa shape index (κ3) is 3.76. The van der Waals surface area contributed by atoms with Gasteiger partial charge in [0.25, 0.3) is 0 Å². The zero-order valence-electron chi connectivity index (χ0n) is 13.4. The molecular formula is C18H30N2. The lowest BCUT2D eigenvalue weighted by atomic mass is 10.0. The van der Waals surface area contributed by atoms with Gasteiger partial charge in [0.05, 0.1) is 0 Å². The summed E-state index contributed by atoms with van der Waals surface area (Å²) in [5.41, 5.74) is 2.95. The van der Waals surface area contributed by atoms with Crippen LogP contribution in [0.3, 0.4) is 0 Å². The topological polar surface area (TPSA) is 15.3 Å². The fraction of sp³-hybridized carbons (Fsp3) is 0.667. The van der Waals surface area contributed by atoms with Crippen molar-refractivity contribution in [1.29, 1.82) is 0 Å². The van der Waals surface area contributed by atoms with Gasteiger partial charge in [-0.25, -0.2) is 0 Å². The van der Waals surface area contributed by atoms with Crippen molar-refractivity contribution in [3.8, 4) is 0 Å². The van der Waals surface area contributed by atoms with Gasteiger partial charge in [-0.3, -0.25) is 0 Å². The molecule has 112 valence electrons. The highest BCUT2D eigenvalue weighted by atomic mass is 15.2. The van der Waals surface area contributed by atoms with Crippen molar-refractivity contribution in [1.82, 2.24) is 5.32 Å². The fourth-order valence-corrected chi connectivity index (χ4v) is 2.96. The summed E-state index contributed by atoms with van der Waals surface area (Å²) in [7, 11) is 0. The summed E-state index contributed by atoms with van der Waals surface area (Å²) in [5.74, 6) is 0. The van der Waals surface area contributed by atoms with Crippen LogP contribution in [0.5, 0.6) is 0 Å². The first-order valence-corrected chi connectivity index (χ1v) is 8.40. The van der Waals surface area contributed by atoms with E-state index in [1.54, 1.807) is 0 Å². The maximum Gasteiger partial charge on any atom is 0.0417 e. The second kappa shape index (κ2) is 7.68. The maximum absolute atomic E-state index is 3.71. The third-order valence-electron chi connectivity index (χ3n) is 4.12. The fourth-order valence-electron chi connectivity index (χ4n) is 2.96. The van der Waals surface area contributed by atoms with Crippen LogP contribution in [0.2, 0.25) is 0 Å². The Morgan fingerprint density at radius 2 is 1.90 bits per heavy atom. The van der Waals surface area contributed by atoms with Gasteiger partial charge in [-0.2, -0.15) is 0 Å². The highest BCUT2D eigenvalue weighted by Gasteiger charge is 2.30. The van der Waals surface area contributed by atoms with Crippen molar-refractivity contribution in [2.24, 2.45) is 0 Å². The van der Waals surface area contributed by atoms with Crippen LogP contribution in [0.4, 0.5) is 5.69 Å². The Morgan fingerprint density at radius 1 is 1.15 bits per heavy atom. The van der Waals surface area contributed by atoms with Gasteiger partial charge in [0.2, 0.25) is 0 Å². The Bertz CT molecular complexity index is 398. The molecule has 1 N–H and O–H groups in total. The number of rotatable bonds is 9. The number of hydrogen-bond acceptors (Lipinski definition) is 2. The van der Waals surface area contributed by atoms with Gasteiger partial charge < -0.3 is 10.2 Å². The van der Waals surface area contributed by atoms with E-state index >= 15 is 0 Å². The first kappa shape index (κ1) is 15.4. The third-order valence-corrected chi connectivity index (χ3v) is 4.12. The van der Waals surface area contributed by atoms with Crippen LogP contribution in [0.15, 0.2) is 24.3 Å². The Kier molecular flexibility index (Phi) is 5.90. The SMILES string of the molecule is CCCNC(CC)c1ccccc1N(CCC)C1CC1. The molecule has 0 radical (unpaired) electrons. The summed E-state index contributed by atoms with van der Waals surface area (Å²) in [6, 6.07) is 10.3. The zero-order valence-corrected chi connectivity index (χ0v) is 13.4. The lowest BCUT2D eigenvalue weighted by Gasteiger charge is -2.30. The second-order valence-corrected chi connectivity index (χ2v) is 5.90. The molecule has 2 nitrogen and oxygen atoms in total. The van der Waals surface area contributed by atoms with Crippen LogP contribution in [0.25, 0.3) is 0 Å². The molecule has 0 bridgehead atoms. The number of nitrogens with zero attached hydrogens (tertiary/aromatic N) is 1. The van der Waals surface area contributed by atoms with Crippen molar-refractivity contribution in [2.45, 2.75) is 65.0 Å². The standard InChI is InChI=1S/C18H30N2/c1-4-13-19-17(6-3)16-9-7-8-10-18(16)20(14-5-2)15-11-12-15/h7-10,15,17,19H,4-6,11-14H2,1-3H3. The quantitative estimate of drug-likeness (QED) is 0.712. The molecule has 1 unspecified atom stereocenters. The molecule has 20 heavy (non-hydrogen) atoms. The molecule has 0 heterocycles. The summed E-state index contributed by atoms with van der Waals surface area (Å²) >= 11 is 0. The number of nitrogens with one attached hydrogen (secondary N) is 1. The molecule has 2 rings (SSSR count). The van der Waals surface area contributed by atoms with Crippen LogP contribution in [-0.2, 0) is 0 Å². The Labute approximate surface area is 124 Å². The van der Waals surface area contributed by atoms with Crippen LogP contribution in [0.1, 0.15) is 64.5 Å². The molecule has 1 aromatic rings. The minimum atomic E-state index is 0.490. The van der Waals surface area contributed by atoms with E-state index in [4.69, 9.17) is 0 Å². The van der Waals surface area contributed by atoms with Gasteiger partial charge in [-0.1, -0.05) is 39.0 Å². The van der Waals surface area contributed by atoms with Crippen LogP contribution in [0, 0.1) is 0 Å². The van der Waals surface area contributed by atoms with Gasteiger partial charge in [-0.05, 0) is 50.3 Å². The monoisotopic (exact) mass is 274 g/mol. The number of hydrogen-bond donors (Lipinski definition) is 1. The van der Waals surface area contributed by atoms with E-state index in [0.29, 0.717) is 6.04 Å². The average Bonchev–Trinajstić information content (AvgIpc) is 3.31. The molecule has 0 aliphatic heterocycles. The molecule has 1 aliphatic rings. The first-order valence-electron chi connectivity index (χ1n) is 8.40. The Balaban J connectivity index is 2.22. The van der Waals surface area contributed by atoms with Crippen molar-refractivity contribution < 1.29 is 0 Å². The molecule has 2 heteroatoms. The molecule has 0 saturated heterocycles. The molecule has 0 spiro atoms. The second-order valence-electron chi connectivity index (χ2n) is 5.90. The molecular weight excluding hydrogens is 244 g/mol. The Morgan fingerprint density at radius 3 is 2.50 bits per heavy atom. The lowest BCUT2D eigenvalue weighted by molar-refractivity contribution is 0.517. The maximum atomic E-state index is 3.71. The van der Waals surface area contributed by atoms with Gasteiger partial charge in [-0.15, -0.1) is 0 Å². The van der Waals surface area contributed by atoms with E-state index < -0.39 is 0 Å². The summed E-state index contributed by atoms with van der Waals surface area (Å²) in [6.45, 7) is 9.09. The first-order chi connectivity index (χ1) is 9.81. The van der Waals surface area contributed by atoms with Gasteiger partial charge in [0, 0.05) is 24.3 Å². The van der Waals surface area contributed by atoms with Gasteiger partial charge >= 0.3 is 0 Å². The largest absolute Gasteiger partial charge is 0.368 e. The molecule has 0 amide bonds. The molecule has 1 aromatic carbocycles. The van der Waals surface area contributed by atoms with Crippen LogP contribution in [-0.4, -0.2) is 19.1 Å². The molecule has 1 saturated carbocycles. The molecule has 1 aliphatic carbocycles. The normalized spacial score (nSPS) is 16.1. The van der Waals surface area contributed by atoms with Gasteiger partial charge in [0.1, 0.15) is 0 Å². The number of benzene rings is 1. The minimum absolute atomic E-state index is 0.490. The van der Waals surface area contributed by atoms with E-state index in [-0.39, 0.29) is 0 Å². The summed E-state index contributed by atoms with van der Waals surface area (Å²) in [6.07, 6.45) is 6.31. The highest BCUT2D eigenvalue weighted by Crippen LogP contribution is 2.36. The van der Waals surface area contributed by atoms with E-state index in [1.165, 1.54) is 43.5 Å². The number of para-hydroxylation sites is 1. The van der Waals surface area contributed by atoms with Gasteiger partial charge in [0.15, 0.2) is 0 Å². The smallest absolute Gasteiger partial charge is 0.0417 e. The minimum Gasteiger partial charge on any atom is -0.368 e. The Hall–Kier alpha value is -1.02. The van der Waals surface area contributed by atoms with Crippen molar-refractivity contribution >= 4 is 5.69 Å². The molecule has 1 atom stereocenters. The van der Waals surface area contributed by atoms with Crippen molar-refractivity contribution in [3.63, 3.8) is 0 Å². The highest BCUT2D eigenvalue weighted by molar-refractivity contribution is 5.56. The van der Waals surface area contributed by atoms with Crippen molar-refractivity contribution in [2.75, 3.05) is 18.0 Å². The predicted octanol–water partition coefficient (Wildman–Crippen LogP) is 4.52. The van der Waals surface area contributed by atoms with Crippen molar-refractivity contribution in [3.05, 3.63) is 29.8 Å². The lowest BCUT2D eigenvalue weighted by Crippen LogP contribution is -2.30.